The van der Waals surface area contributed by atoms with Crippen LogP contribution in [0.5, 0.6) is 0 Å². The molecule has 0 aromatic carbocycles. The third-order valence-electron chi connectivity index (χ3n) is 2.64. The molecule has 1 unspecified atom stereocenters. The molecule has 1 heterocycles. The maximum absolute atomic E-state index is 11.1. The molecule has 2 N–H and O–H groups in total. The highest BCUT2D eigenvalue weighted by Crippen LogP contribution is 2.24. The molecule has 0 spiro atoms. The van der Waals surface area contributed by atoms with Crippen molar-refractivity contribution in [3.05, 3.63) is 0 Å². The second-order valence-electron chi connectivity index (χ2n) is 3.51. The van der Waals surface area contributed by atoms with Gasteiger partial charge in [0.25, 0.3) is 0 Å². The average molecular weight is 203 g/mol. The molecule has 0 bridgehead atoms. The number of hydrogen-bond acceptors (Lipinski definition) is 3. The van der Waals surface area contributed by atoms with Crippen molar-refractivity contribution in [2.45, 2.75) is 31.2 Å². The van der Waals surface area contributed by atoms with Crippen molar-refractivity contribution in [1.29, 1.82) is 0 Å². The Morgan fingerprint density at radius 1 is 1.62 bits per heavy atom. The van der Waals surface area contributed by atoms with Crippen molar-refractivity contribution in [1.82, 2.24) is 5.32 Å². The molecule has 1 atom stereocenters. The first kappa shape index (κ1) is 10.9. The largest absolute Gasteiger partial charge is 0.480 e. The van der Waals surface area contributed by atoms with Gasteiger partial charge in [0, 0.05) is 0 Å². The van der Waals surface area contributed by atoms with Crippen molar-refractivity contribution in [3.8, 4) is 0 Å². The van der Waals surface area contributed by atoms with E-state index in [0.717, 1.165) is 38.0 Å². The van der Waals surface area contributed by atoms with E-state index in [-0.39, 0.29) is 0 Å². The predicted molar refractivity (Wildman–Crippen MR) is 55.2 cm³/mol. The second-order valence-corrected chi connectivity index (χ2v) is 4.50. The maximum Gasteiger partial charge on any atom is 0.323 e. The van der Waals surface area contributed by atoms with E-state index in [1.165, 1.54) is 0 Å². The van der Waals surface area contributed by atoms with Gasteiger partial charge in [-0.05, 0) is 44.2 Å². The molecular formula is C9H17NO2S. The summed E-state index contributed by atoms with van der Waals surface area (Å²) in [5.41, 5.74) is -0.624. The number of rotatable bonds is 4. The van der Waals surface area contributed by atoms with Crippen LogP contribution in [0.3, 0.4) is 0 Å². The lowest BCUT2D eigenvalue weighted by atomic mass is 9.86. The number of carboxylic acid groups (broad SMARTS) is 1. The molecule has 0 amide bonds. The fraction of sp³-hybridized carbons (Fsp3) is 0.889. The molecular weight excluding hydrogens is 186 g/mol. The number of thioether (sulfide) groups is 1. The monoisotopic (exact) mass is 203 g/mol. The van der Waals surface area contributed by atoms with Gasteiger partial charge in [-0.15, -0.1) is 0 Å². The molecule has 4 heteroatoms. The Morgan fingerprint density at radius 3 is 2.85 bits per heavy atom. The van der Waals surface area contributed by atoms with E-state index < -0.39 is 11.5 Å². The summed E-state index contributed by atoms with van der Waals surface area (Å²) in [6.07, 6.45) is 5.67. The van der Waals surface area contributed by atoms with Crippen molar-refractivity contribution < 1.29 is 9.90 Å². The molecule has 0 radical (unpaired) electrons. The molecule has 76 valence electrons. The van der Waals surface area contributed by atoms with Gasteiger partial charge in [0.05, 0.1) is 0 Å². The fourth-order valence-electron chi connectivity index (χ4n) is 1.75. The van der Waals surface area contributed by atoms with Crippen LogP contribution in [0, 0.1) is 0 Å². The Kier molecular flexibility index (Phi) is 4.06. The van der Waals surface area contributed by atoms with Crippen LogP contribution in [0.25, 0.3) is 0 Å². The van der Waals surface area contributed by atoms with Gasteiger partial charge in [-0.1, -0.05) is 0 Å². The number of hydrogen-bond donors (Lipinski definition) is 2. The number of nitrogens with one attached hydrogen (secondary N) is 1. The highest BCUT2D eigenvalue weighted by Gasteiger charge is 2.38. The first-order valence-corrected chi connectivity index (χ1v) is 6.08. The average Bonchev–Trinajstić information content (AvgIpc) is 2.16. The topological polar surface area (TPSA) is 49.3 Å². The van der Waals surface area contributed by atoms with Crippen LogP contribution in [-0.2, 0) is 4.79 Å². The molecule has 1 rings (SSSR count). The molecule has 0 aromatic rings. The Bertz CT molecular complexity index is 178. The zero-order valence-corrected chi connectivity index (χ0v) is 8.82. The normalized spacial score (nSPS) is 28.7. The highest BCUT2D eigenvalue weighted by molar-refractivity contribution is 7.98. The molecule has 1 fully saturated rings. The molecule has 0 aromatic heterocycles. The Balaban J connectivity index is 2.56. The van der Waals surface area contributed by atoms with Gasteiger partial charge in [-0.25, -0.2) is 0 Å². The smallest absolute Gasteiger partial charge is 0.323 e. The summed E-state index contributed by atoms with van der Waals surface area (Å²) in [7, 11) is 0. The molecule has 1 saturated heterocycles. The maximum atomic E-state index is 11.1. The van der Waals surface area contributed by atoms with Gasteiger partial charge in [-0.3, -0.25) is 4.79 Å². The van der Waals surface area contributed by atoms with Gasteiger partial charge in [-0.2, -0.15) is 11.8 Å². The summed E-state index contributed by atoms with van der Waals surface area (Å²) >= 11 is 1.71. The molecule has 0 saturated carbocycles. The SMILES string of the molecule is CSCCC1(C(=O)O)CCCCN1. The van der Waals surface area contributed by atoms with Crippen LogP contribution in [-0.4, -0.2) is 35.2 Å². The van der Waals surface area contributed by atoms with Crippen LogP contribution in [0.15, 0.2) is 0 Å². The minimum Gasteiger partial charge on any atom is -0.480 e. The zero-order valence-electron chi connectivity index (χ0n) is 8.01. The van der Waals surface area contributed by atoms with E-state index in [1.807, 2.05) is 6.26 Å². The number of aliphatic carboxylic acids is 1. The summed E-state index contributed by atoms with van der Waals surface area (Å²) in [6.45, 7) is 0.848. The minimum absolute atomic E-state index is 0.624. The molecule has 3 nitrogen and oxygen atoms in total. The third-order valence-corrected chi connectivity index (χ3v) is 3.25. The van der Waals surface area contributed by atoms with Crippen LogP contribution in [0.1, 0.15) is 25.7 Å². The summed E-state index contributed by atoms with van der Waals surface area (Å²) in [5, 5.41) is 12.3. The van der Waals surface area contributed by atoms with Crippen LogP contribution in [0.4, 0.5) is 0 Å². The Morgan fingerprint density at radius 2 is 2.38 bits per heavy atom. The van der Waals surface area contributed by atoms with Gasteiger partial charge < -0.3 is 10.4 Å². The second kappa shape index (κ2) is 4.86. The van der Waals surface area contributed by atoms with Gasteiger partial charge in [0.1, 0.15) is 5.54 Å². The van der Waals surface area contributed by atoms with Gasteiger partial charge in [0.2, 0.25) is 0 Å². The van der Waals surface area contributed by atoms with E-state index in [0.29, 0.717) is 0 Å². The number of carbonyl (C=O) groups is 1. The van der Waals surface area contributed by atoms with Crippen molar-refractivity contribution in [2.75, 3.05) is 18.6 Å². The van der Waals surface area contributed by atoms with E-state index in [2.05, 4.69) is 5.32 Å². The van der Waals surface area contributed by atoms with E-state index in [4.69, 9.17) is 5.11 Å². The molecule has 13 heavy (non-hydrogen) atoms. The Hall–Kier alpha value is -0.220. The first-order chi connectivity index (χ1) is 6.21. The summed E-state index contributed by atoms with van der Waals surface area (Å²) in [6, 6.07) is 0. The fourth-order valence-corrected chi connectivity index (χ4v) is 2.30. The first-order valence-electron chi connectivity index (χ1n) is 4.69. The van der Waals surface area contributed by atoms with E-state index >= 15 is 0 Å². The van der Waals surface area contributed by atoms with Crippen LogP contribution < -0.4 is 5.32 Å². The summed E-state index contributed by atoms with van der Waals surface area (Å²) < 4.78 is 0. The van der Waals surface area contributed by atoms with Crippen molar-refractivity contribution >= 4 is 17.7 Å². The third kappa shape index (κ3) is 2.61. The van der Waals surface area contributed by atoms with E-state index in [1.54, 1.807) is 11.8 Å². The van der Waals surface area contributed by atoms with Crippen LogP contribution in [0.2, 0.25) is 0 Å². The van der Waals surface area contributed by atoms with Crippen molar-refractivity contribution in [2.24, 2.45) is 0 Å². The predicted octanol–water partition coefficient (Wildman–Crippen LogP) is 1.34. The zero-order chi connectivity index (χ0) is 9.73. The molecule has 1 aliphatic heterocycles. The lowest BCUT2D eigenvalue weighted by Gasteiger charge is -2.34. The summed E-state index contributed by atoms with van der Waals surface area (Å²) in [4.78, 5) is 11.1. The standard InChI is InChI=1S/C9H17NO2S/c1-13-7-5-9(8(11)12)4-2-3-6-10-9/h10H,2-7H2,1H3,(H,11,12). The quantitative estimate of drug-likeness (QED) is 0.724. The highest BCUT2D eigenvalue weighted by atomic mass is 32.2. The minimum atomic E-state index is -0.679. The van der Waals surface area contributed by atoms with Crippen LogP contribution >= 0.6 is 11.8 Å². The number of piperidine rings is 1. The molecule has 0 aliphatic carbocycles. The number of carboxylic acids is 1. The summed E-state index contributed by atoms with van der Waals surface area (Å²) in [5.74, 6) is 0.237. The van der Waals surface area contributed by atoms with Gasteiger partial charge >= 0.3 is 5.97 Å². The Labute approximate surface area is 83.3 Å². The molecule has 1 aliphatic rings. The van der Waals surface area contributed by atoms with Crippen molar-refractivity contribution in [3.63, 3.8) is 0 Å². The van der Waals surface area contributed by atoms with Gasteiger partial charge in [0.15, 0.2) is 0 Å². The lowest BCUT2D eigenvalue weighted by molar-refractivity contribution is -0.146. The lowest BCUT2D eigenvalue weighted by Crippen LogP contribution is -2.55. The van der Waals surface area contributed by atoms with E-state index in [9.17, 15) is 4.79 Å².